The van der Waals surface area contributed by atoms with Crippen LogP contribution in [0.4, 0.5) is 5.69 Å². The van der Waals surface area contributed by atoms with E-state index in [1.54, 1.807) is 0 Å². The van der Waals surface area contributed by atoms with E-state index in [9.17, 15) is 14.7 Å². The van der Waals surface area contributed by atoms with E-state index in [1.807, 2.05) is 32.0 Å². The Balaban J connectivity index is 1.51. The van der Waals surface area contributed by atoms with Crippen LogP contribution in [0.25, 0.3) is 0 Å². The van der Waals surface area contributed by atoms with E-state index >= 15 is 0 Å². The number of carbonyl (C=O) groups excluding carboxylic acids is 1. The fourth-order valence-corrected chi connectivity index (χ4v) is 5.57. The van der Waals surface area contributed by atoms with E-state index in [-0.39, 0.29) is 24.7 Å². The average Bonchev–Trinajstić information content (AvgIpc) is 3.47. The summed E-state index contributed by atoms with van der Waals surface area (Å²) in [6.45, 7) is 10.9. The van der Waals surface area contributed by atoms with Gasteiger partial charge in [-0.25, -0.2) is 4.68 Å². The Hall–Kier alpha value is -2.70. The number of aryl methyl sites for hydroxylation is 2. The van der Waals surface area contributed by atoms with Gasteiger partial charge in [-0.15, -0.1) is 5.10 Å². The summed E-state index contributed by atoms with van der Waals surface area (Å²) in [5.74, 6) is -0.0826. The van der Waals surface area contributed by atoms with Gasteiger partial charge in [0.1, 0.15) is 0 Å². The summed E-state index contributed by atoms with van der Waals surface area (Å²) in [6.07, 6.45) is 6.26. The molecule has 190 valence electrons. The molecule has 0 spiro atoms. The van der Waals surface area contributed by atoms with Gasteiger partial charge in [0, 0.05) is 30.4 Å². The maximum Gasteiger partial charge on any atom is 0.303 e. The molecule has 2 aliphatic rings. The summed E-state index contributed by atoms with van der Waals surface area (Å²) in [5.41, 5.74) is 5.27. The number of carboxylic acid groups (broad SMARTS) is 1. The Labute approximate surface area is 208 Å². The molecule has 1 atom stereocenters. The van der Waals surface area contributed by atoms with Gasteiger partial charge < -0.3 is 10.4 Å². The monoisotopic (exact) mass is 480 g/mol. The lowest BCUT2D eigenvalue weighted by Crippen LogP contribution is -2.31. The van der Waals surface area contributed by atoms with Crippen LogP contribution < -0.4 is 5.32 Å². The number of hydrogen-bond donors (Lipinski definition) is 2. The second-order valence-corrected chi connectivity index (χ2v) is 12.0. The number of aliphatic carboxylic acids is 1. The molecule has 7 nitrogen and oxygen atoms in total. The van der Waals surface area contributed by atoms with Crippen molar-refractivity contribution >= 4 is 17.6 Å². The van der Waals surface area contributed by atoms with E-state index in [4.69, 9.17) is 0 Å². The molecule has 2 N–H and O–H groups in total. The molecule has 1 amide bonds. The minimum Gasteiger partial charge on any atom is -0.481 e. The van der Waals surface area contributed by atoms with Crippen LogP contribution in [0.15, 0.2) is 18.2 Å². The molecule has 0 aliphatic heterocycles. The lowest BCUT2D eigenvalue weighted by atomic mass is 9.71. The van der Waals surface area contributed by atoms with Crippen molar-refractivity contribution in [1.82, 2.24) is 15.0 Å². The molecule has 0 radical (unpaired) electrons. The number of benzene rings is 1. The first kappa shape index (κ1) is 25.4. The van der Waals surface area contributed by atoms with Crippen molar-refractivity contribution < 1.29 is 14.7 Å². The molecule has 2 saturated carbocycles. The second-order valence-electron chi connectivity index (χ2n) is 12.0. The Morgan fingerprint density at radius 1 is 1.20 bits per heavy atom. The molecule has 7 heteroatoms. The van der Waals surface area contributed by atoms with Crippen LogP contribution in [0.5, 0.6) is 0 Å². The van der Waals surface area contributed by atoms with Crippen molar-refractivity contribution in [2.24, 2.45) is 11.3 Å². The van der Waals surface area contributed by atoms with E-state index in [1.165, 1.54) is 6.42 Å². The maximum atomic E-state index is 13.0. The molecule has 1 aromatic carbocycles. The first-order chi connectivity index (χ1) is 16.5. The molecule has 2 aliphatic carbocycles. The van der Waals surface area contributed by atoms with E-state index in [0.717, 1.165) is 53.9 Å². The Morgan fingerprint density at radius 3 is 2.51 bits per heavy atom. The fourth-order valence-electron chi connectivity index (χ4n) is 5.57. The molecule has 2 fully saturated rings. The van der Waals surface area contributed by atoms with Crippen molar-refractivity contribution in [2.75, 3.05) is 5.32 Å². The number of carboxylic acids is 1. The molecule has 0 bridgehead atoms. The summed E-state index contributed by atoms with van der Waals surface area (Å²) in [7, 11) is 0. The smallest absolute Gasteiger partial charge is 0.303 e. The van der Waals surface area contributed by atoms with Crippen molar-refractivity contribution in [3.8, 4) is 0 Å². The Kier molecular flexibility index (Phi) is 7.34. The zero-order valence-electron chi connectivity index (χ0n) is 21.8. The second kappa shape index (κ2) is 10.1. The van der Waals surface area contributed by atoms with Gasteiger partial charge in [-0.2, -0.15) is 0 Å². The average molecular weight is 481 g/mol. The van der Waals surface area contributed by atoms with Gasteiger partial charge in [0.15, 0.2) is 0 Å². The topological polar surface area (TPSA) is 97.1 Å². The van der Waals surface area contributed by atoms with Crippen molar-refractivity contribution in [1.29, 1.82) is 0 Å². The molecular weight excluding hydrogens is 440 g/mol. The molecule has 1 aromatic heterocycles. The summed E-state index contributed by atoms with van der Waals surface area (Å²) in [4.78, 5) is 24.4. The third kappa shape index (κ3) is 6.50. The standard InChI is InChI=1S/C28H40N4O3/c1-17-6-10-23(18(2)12-17)29-24(33)15-21(9-11-25(34)35)26-27(20-7-8-20)32(31-30-26)22-13-19(14-22)16-28(3,4)5/h6,10,12,19-22H,7-9,11,13-16H2,1-5H3,(H,29,33)(H,34,35)/t19-,21-,22-/m0/s1. The van der Waals surface area contributed by atoms with Gasteiger partial charge in [-0.1, -0.05) is 43.7 Å². The zero-order chi connectivity index (χ0) is 25.3. The number of hydrogen-bond acceptors (Lipinski definition) is 4. The van der Waals surface area contributed by atoms with E-state index < -0.39 is 5.97 Å². The Bertz CT molecular complexity index is 1070. The minimum atomic E-state index is -0.853. The van der Waals surface area contributed by atoms with Gasteiger partial charge >= 0.3 is 5.97 Å². The summed E-state index contributed by atoms with van der Waals surface area (Å²) in [6, 6.07) is 6.31. The van der Waals surface area contributed by atoms with Crippen LogP contribution in [-0.4, -0.2) is 32.0 Å². The van der Waals surface area contributed by atoms with Gasteiger partial charge in [-0.3, -0.25) is 9.59 Å². The number of nitrogens with zero attached hydrogens (tertiary/aromatic N) is 3. The highest BCUT2D eigenvalue weighted by atomic mass is 16.4. The minimum absolute atomic E-state index is 0.00948. The molecule has 1 heterocycles. The summed E-state index contributed by atoms with van der Waals surface area (Å²) < 4.78 is 2.13. The normalized spacial score (nSPS) is 20.8. The van der Waals surface area contributed by atoms with E-state index in [2.05, 4.69) is 41.1 Å². The summed E-state index contributed by atoms with van der Waals surface area (Å²) >= 11 is 0. The number of carbonyl (C=O) groups is 2. The molecule has 4 rings (SSSR count). The lowest BCUT2D eigenvalue weighted by molar-refractivity contribution is -0.137. The van der Waals surface area contributed by atoms with Crippen LogP contribution in [-0.2, 0) is 9.59 Å². The number of aromatic nitrogens is 3. The third-order valence-electron chi connectivity index (χ3n) is 7.36. The highest BCUT2D eigenvalue weighted by Gasteiger charge is 2.40. The predicted molar refractivity (Wildman–Crippen MR) is 137 cm³/mol. The zero-order valence-corrected chi connectivity index (χ0v) is 21.8. The molecule has 2 aromatic rings. The van der Waals surface area contributed by atoms with Crippen molar-refractivity contribution in [2.45, 2.75) is 104 Å². The Morgan fingerprint density at radius 2 is 1.91 bits per heavy atom. The maximum absolute atomic E-state index is 13.0. The van der Waals surface area contributed by atoms with Gasteiger partial charge in [0.05, 0.1) is 17.4 Å². The number of rotatable bonds is 10. The van der Waals surface area contributed by atoms with E-state index in [0.29, 0.717) is 29.7 Å². The molecule has 0 unspecified atom stereocenters. The molecular formula is C28H40N4O3. The number of anilines is 1. The SMILES string of the molecule is Cc1ccc(NC(=O)C[C@H](CCC(=O)O)c2nnn([C@H]3C[C@H](CC(C)(C)C)C3)c2C2CC2)c(C)c1. The predicted octanol–water partition coefficient (Wildman–Crippen LogP) is 6.14. The first-order valence-electron chi connectivity index (χ1n) is 13.0. The van der Waals surface area contributed by atoms with Gasteiger partial charge in [-0.05, 0) is 75.3 Å². The van der Waals surface area contributed by atoms with Gasteiger partial charge in [0.25, 0.3) is 0 Å². The number of amides is 1. The van der Waals surface area contributed by atoms with Crippen LogP contribution in [0, 0.1) is 25.2 Å². The van der Waals surface area contributed by atoms with Crippen LogP contribution >= 0.6 is 0 Å². The highest BCUT2D eigenvalue weighted by Crippen LogP contribution is 2.49. The fraction of sp³-hybridized carbons (Fsp3) is 0.643. The van der Waals surface area contributed by atoms with Crippen LogP contribution in [0.2, 0.25) is 0 Å². The van der Waals surface area contributed by atoms with Gasteiger partial charge in [0.2, 0.25) is 5.91 Å². The summed E-state index contributed by atoms with van der Waals surface area (Å²) in [5, 5.41) is 21.5. The number of nitrogens with one attached hydrogen (secondary N) is 1. The largest absolute Gasteiger partial charge is 0.481 e. The van der Waals surface area contributed by atoms with Crippen LogP contribution in [0.1, 0.15) is 113 Å². The quantitative estimate of drug-likeness (QED) is 0.426. The third-order valence-corrected chi connectivity index (χ3v) is 7.36. The lowest BCUT2D eigenvalue weighted by Gasteiger charge is -2.39. The molecule has 0 saturated heterocycles. The first-order valence-corrected chi connectivity index (χ1v) is 13.0. The highest BCUT2D eigenvalue weighted by molar-refractivity contribution is 5.92. The molecule has 35 heavy (non-hydrogen) atoms. The van der Waals surface area contributed by atoms with Crippen molar-refractivity contribution in [3.05, 3.63) is 40.7 Å². The van der Waals surface area contributed by atoms with Crippen LogP contribution in [0.3, 0.4) is 0 Å². The van der Waals surface area contributed by atoms with Crippen molar-refractivity contribution in [3.63, 3.8) is 0 Å².